The highest BCUT2D eigenvalue weighted by atomic mass is 32.2. The van der Waals surface area contributed by atoms with Crippen molar-refractivity contribution in [1.29, 1.82) is 0 Å². The Morgan fingerprint density at radius 3 is 2.61 bits per heavy atom. The van der Waals surface area contributed by atoms with Gasteiger partial charge in [0, 0.05) is 18.0 Å². The highest BCUT2D eigenvalue weighted by Gasteiger charge is 2.54. The second-order valence-corrected chi connectivity index (χ2v) is 9.41. The number of amides is 1. The first-order valence-electron chi connectivity index (χ1n) is 9.06. The van der Waals surface area contributed by atoms with Crippen molar-refractivity contribution in [1.82, 2.24) is 28.4 Å². The lowest BCUT2D eigenvalue weighted by Crippen LogP contribution is -2.64. The predicted octanol–water partition coefficient (Wildman–Crippen LogP) is -1.42. The fourth-order valence-corrected chi connectivity index (χ4v) is 4.20. The standard InChI is InChI=1S/C15H18N8O8S2/c1-15(2,13(26)27)31-20-10(11-19-14(16)32-21-11)9(24)3-7-8(4-22-6-17-5-18-22)23(12(7)25)33(28,29)30/h5-8H,3-4H2,1-2H3,(H,26,27)(H2,16,19,21)(H,28,29,30)/b20-10+/t7-,8+/m0/s1. The molecule has 33 heavy (non-hydrogen) atoms. The van der Waals surface area contributed by atoms with Gasteiger partial charge in [-0.25, -0.2) is 14.1 Å². The molecule has 0 spiro atoms. The van der Waals surface area contributed by atoms with Gasteiger partial charge >= 0.3 is 16.3 Å². The quantitative estimate of drug-likeness (QED) is 0.147. The summed E-state index contributed by atoms with van der Waals surface area (Å²) in [5.74, 6) is -4.67. The number of nitrogens with zero attached hydrogens (tertiary/aromatic N) is 7. The van der Waals surface area contributed by atoms with Crippen molar-refractivity contribution < 1.29 is 37.3 Å². The van der Waals surface area contributed by atoms with Crippen LogP contribution in [0, 0.1) is 5.92 Å². The number of hydrogen-bond donors (Lipinski definition) is 3. The fraction of sp³-hybridized carbons (Fsp3) is 0.467. The molecule has 18 heteroatoms. The van der Waals surface area contributed by atoms with E-state index in [0.717, 1.165) is 11.5 Å². The number of carboxylic acid groups (broad SMARTS) is 1. The Balaban J connectivity index is 1.88. The van der Waals surface area contributed by atoms with Gasteiger partial charge in [-0.1, -0.05) is 5.16 Å². The van der Waals surface area contributed by atoms with Crippen LogP contribution in [0.5, 0.6) is 0 Å². The summed E-state index contributed by atoms with van der Waals surface area (Å²) in [4.78, 5) is 49.3. The van der Waals surface area contributed by atoms with Gasteiger partial charge in [-0.15, -0.1) is 0 Å². The summed E-state index contributed by atoms with van der Waals surface area (Å²) in [6, 6.07) is -1.15. The normalized spacial score (nSPS) is 19.3. The molecule has 1 aliphatic rings. The van der Waals surface area contributed by atoms with Crippen molar-refractivity contribution in [2.45, 2.75) is 38.5 Å². The van der Waals surface area contributed by atoms with Crippen LogP contribution >= 0.6 is 11.5 Å². The maximum Gasteiger partial charge on any atom is 0.362 e. The number of β-lactam (4-membered cyclic amide) rings is 1. The molecule has 16 nitrogen and oxygen atoms in total. The molecule has 1 fully saturated rings. The van der Waals surface area contributed by atoms with Gasteiger partial charge in [0.25, 0.3) is 0 Å². The third-order valence-corrected chi connectivity index (χ3v) is 6.08. The minimum absolute atomic E-state index is 0.00989. The summed E-state index contributed by atoms with van der Waals surface area (Å²) in [6.07, 6.45) is 1.88. The van der Waals surface area contributed by atoms with Crippen LogP contribution in [-0.2, 0) is 36.1 Å². The largest absolute Gasteiger partial charge is 0.478 e. The minimum Gasteiger partial charge on any atom is -0.478 e. The van der Waals surface area contributed by atoms with Crippen LogP contribution in [0.25, 0.3) is 0 Å². The van der Waals surface area contributed by atoms with Crippen LogP contribution in [-0.4, -0.2) is 81.5 Å². The van der Waals surface area contributed by atoms with E-state index in [9.17, 15) is 32.5 Å². The highest BCUT2D eigenvalue weighted by Crippen LogP contribution is 2.33. The first-order valence-corrected chi connectivity index (χ1v) is 11.2. The summed E-state index contributed by atoms with van der Waals surface area (Å²) in [5, 5.41) is 16.6. The number of aliphatic carboxylic acids is 1. The topological polar surface area (TPSA) is 233 Å². The number of ketones is 1. The molecule has 0 saturated carbocycles. The van der Waals surface area contributed by atoms with Crippen LogP contribution in [0.15, 0.2) is 17.8 Å². The molecule has 2 atom stereocenters. The number of hydrogen-bond acceptors (Lipinski definition) is 13. The maximum absolute atomic E-state index is 13.0. The summed E-state index contributed by atoms with van der Waals surface area (Å²) in [6.45, 7) is 2.20. The second kappa shape index (κ2) is 8.79. The maximum atomic E-state index is 13.0. The molecule has 1 amide bonds. The van der Waals surface area contributed by atoms with Gasteiger partial charge in [-0.05, 0) is 13.8 Å². The Hall–Kier alpha value is -3.51. The van der Waals surface area contributed by atoms with E-state index in [0.29, 0.717) is 0 Å². The molecule has 178 valence electrons. The zero-order chi connectivity index (χ0) is 24.6. The number of oxime groups is 1. The number of anilines is 1. The first kappa shape index (κ1) is 24.1. The van der Waals surface area contributed by atoms with Crippen molar-refractivity contribution in [2.75, 3.05) is 5.73 Å². The van der Waals surface area contributed by atoms with E-state index in [2.05, 4.69) is 24.6 Å². The summed E-state index contributed by atoms with van der Waals surface area (Å²) in [7, 11) is -4.89. The number of carboxylic acids is 1. The van der Waals surface area contributed by atoms with E-state index >= 15 is 0 Å². The number of carbonyl (C=O) groups excluding carboxylic acids is 2. The molecule has 3 heterocycles. The SMILES string of the molecule is CC(C)(O/N=C(\C(=O)C[C@@H]1C(=O)N(S(=O)(=O)O)[C@@H]1Cn1cncn1)c1nsc(N)n1)C(=O)O. The summed E-state index contributed by atoms with van der Waals surface area (Å²) < 4.78 is 38.0. The van der Waals surface area contributed by atoms with E-state index in [1.807, 2.05) is 0 Å². The molecule has 0 radical (unpaired) electrons. The molecule has 1 saturated heterocycles. The Morgan fingerprint density at radius 1 is 1.39 bits per heavy atom. The van der Waals surface area contributed by atoms with Crippen molar-refractivity contribution in [2.24, 2.45) is 11.1 Å². The monoisotopic (exact) mass is 502 g/mol. The molecular formula is C15H18N8O8S2. The lowest BCUT2D eigenvalue weighted by Gasteiger charge is -2.43. The minimum atomic E-state index is -4.89. The van der Waals surface area contributed by atoms with Crippen LogP contribution in [0.2, 0.25) is 0 Å². The summed E-state index contributed by atoms with van der Waals surface area (Å²) >= 11 is 0.742. The number of Topliss-reactive ketones (excluding diaryl/α,β-unsaturated/α-hetero) is 1. The van der Waals surface area contributed by atoms with E-state index in [-0.39, 0.29) is 21.8 Å². The van der Waals surface area contributed by atoms with E-state index < -0.39 is 57.7 Å². The number of carbonyl (C=O) groups is 3. The van der Waals surface area contributed by atoms with Gasteiger partial charge in [0.05, 0.1) is 18.5 Å². The van der Waals surface area contributed by atoms with Gasteiger partial charge in [0.15, 0.2) is 16.6 Å². The van der Waals surface area contributed by atoms with Gasteiger partial charge in [0.1, 0.15) is 12.7 Å². The van der Waals surface area contributed by atoms with E-state index in [1.165, 1.54) is 31.2 Å². The fourth-order valence-electron chi connectivity index (χ4n) is 2.84. The van der Waals surface area contributed by atoms with Crippen molar-refractivity contribution in [3.05, 3.63) is 18.5 Å². The van der Waals surface area contributed by atoms with Crippen molar-refractivity contribution >= 4 is 50.3 Å². The average Bonchev–Trinajstić information content (AvgIpc) is 3.36. The average molecular weight is 502 g/mol. The molecule has 4 N–H and O–H groups in total. The number of nitrogens with two attached hydrogens (primary N) is 1. The smallest absolute Gasteiger partial charge is 0.362 e. The molecule has 0 bridgehead atoms. The number of nitrogen functional groups attached to an aromatic ring is 1. The molecule has 2 aromatic heterocycles. The third kappa shape index (κ3) is 5.12. The Kier molecular flexibility index (Phi) is 6.43. The predicted molar refractivity (Wildman–Crippen MR) is 109 cm³/mol. The molecule has 1 aliphatic heterocycles. The number of rotatable bonds is 10. The van der Waals surface area contributed by atoms with Crippen molar-refractivity contribution in [3.63, 3.8) is 0 Å². The molecule has 0 unspecified atom stereocenters. The van der Waals surface area contributed by atoms with Crippen LogP contribution in [0.1, 0.15) is 26.1 Å². The third-order valence-electron chi connectivity index (χ3n) is 4.59. The highest BCUT2D eigenvalue weighted by molar-refractivity contribution is 7.84. The Labute approximate surface area is 190 Å². The van der Waals surface area contributed by atoms with Gasteiger partial charge in [-0.3, -0.25) is 18.8 Å². The lowest BCUT2D eigenvalue weighted by molar-refractivity contribution is -0.161. The Morgan fingerprint density at radius 2 is 2.09 bits per heavy atom. The van der Waals surface area contributed by atoms with Crippen LogP contribution in [0.3, 0.4) is 0 Å². The first-order chi connectivity index (χ1) is 15.3. The summed E-state index contributed by atoms with van der Waals surface area (Å²) in [5.41, 5.74) is 3.23. The Bertz CT molecular complexity index is 1210. The van der Waals surface area contributed by atoms with Gasteiger partial charge in [-0.2, -0.15) is 22.9 Å². The van der Waals surface area contributed by atoms with Gasteiger partial charge in [0.2, 0.25) is 17.3 Å². The van der Waals surface area contributed by atoms with Crippen LogP contribution in [0.4, 0.5) is 5.13 Å². The molecule has 2 aromatic rings. The molecule has 0 aromatic carbocycles. The van der Waals surface area contributed by atoms with Crippen LogP contribution < -0.4 is 5.73 Å². The number of aromatic nitrogens is 5. The van der Waals surface area contributed by atoms with Crippen molar-refractivity contribution in [3.8, 4) is 0 Å². The molecule has 0 aliphatic carbocycles. The molecular weight excluding hydrogens is 484 g/mol. The van der Waals surface area contributed by atoms with Gasteiger partial charge < -0.3 is 15.7 Å². The second-order valence-electron chi connectivity index (χ2n) is 7.33. The lowest BCUT2D eigenvalue weighted by atomic mass is 9.85. The van der Waals surface area contributed by atoms with E-state index in [4.69, 9.17) is 10.6 Å². The molecule has 3 rings (SSSR count). The van der Waals surface area contributed by atoms with E-state index in [1.54, 1.807) is 0 Å². The zero-order valence-corrected chi connectivity index (χ0v) is 18.7. The zero-order valence-electron chi connectivity index (χ0n) is 17.1.